The predicted molar refractivity (Wildman–Crippen MR) is 129 cm³/mol. The number of amidine groups is 1. The molecule has 2 unspecified atom stereocenters. The fourth-order valence-corrected chi connectivity index (χ4v) is 6.25. The molecule has 2 aliphatic heterocycles. The third kappa shape index (κ3) is 4.13. The zero-order chi connectivity index (χ0) is 23.0. The number of carbonyl (C=O) groups excluding carboxylic acids is 1. The highest BCUT2D eigenvalue weighted by Crippen LogP contribution is 2.47. The lowest BCUT2D eigenvalue weighted by Crippen LogP contribution is -2.42. The average Bonchev–Trinajstić information content (AvgIpc) is 3.48. The number of benzene rings is 1. The molecule has 3 aromatic rings. The molecule has 0 spiro atoms. The topological polar surface area (TPSA) is 83.4 Å². The number of halogens is 1. The van der Waals surface area contributed by atoms with Gasteiger partial charge in [0.15, 0.2) is 11.0 Å². The van der Waals surface area contributed by atoms with Crippen molar-refractivity contribution >= 4 is 40.1 Å². The van der Waals surface area contributed by atoms with Crippen molar-refractivity contribution in [3.63, 3.8) is 0 Å². The predicted octanol–water partition coefficient (Wildman–Crippen LogP) is 4.06. The zero-order valence-electron chi connectivity index (χ0n) is 18.2. The number of hydrogen-bond donors (Lipinski definition) is 1. The van der Waals surface area contributed by atoms with Crippen LogP contribution in [0.15, 0.2) is 53.2 Å². The Bertz CT molecular complexity index is 1190. The van der Waals surface area contributed by atoms with Crippen LogP contribution in [0.3, 0.4) is 0 Å². The minimum absolute atomic E-state index is 0.0412. The average molecular weight is 483 g/mol. The lowest BCUT2D eigenvalue weighted by molar-refractivity contribution is 0.0977. The van der Waals surface area contributed by atoms with Crippen molar-refractivity contribution in [2.24, 2.45) is 10.9 Å². The molecule has 2 atom stereocenters. The SMILES string of the molecule is CC(C)c1nc(N2CC3CSC(NC(=O)c4ccccc4)=NC3(c3cncs3)C2)ncc1F. The number of nitrogens with one attached hydrogen (secondary N) is 1. The van der Waals surface area contributed by atoms with Crippen LogP contribution in [0, 0.1) is 11.7 Å². The maximum absolute atomic E-state index is 14.2. The summed E-state index contributed by atoms with van der Waals surface area (Å²) in [5.41, 5.74) is 2.23. The monoisotopic (exact) mass is 482 g/mol. The summed E-state index contributed by atoms with van der Waals surface area (Å²) in [6, 6.07) is 9.11. The first-order valence-electron chi connectivity index (χ1n) is 10.7. The first-order chi connectivity index (χ1) is 16.0. The number of carbonyl (C=O) groups is 1. The molecule has 0 bridgehead atoms. The molecule has 1 saturated heterocycles. The van der Waals surface area contributed by atoms with E-state index in [0.717, 1.165) is 10.6 Å². The van der Waals surface area contributed by atoms with Crippen LogP contribution < -0.4 is 10.2 Å². The van der Waals surface area contributed by atoms with Crippen LogP contribution in [-0.2, 0) is 5.54 Å². The largest absolute Gasteiger partial charge is 0.338 e. The Morgan fingerprint density at radius 1 is 1.27 bits per heavy atom. The maximum atomic E-state index is 14.2. The Labute approximate surface area is 199 Å². The number of thiazole rings is 1. The lowest BCUT2D eigenvalue weighted by atomic mass is 9.87. The van der Waals surface area contributed by atoms with Gasteiger partial charge in [0.1, 0.15) is 5.54 Å². The van der Waals surface area contributed by atoms with Gasteiger partial charge in [-0.15, -0.1) is 11.3 Å². The maximum Gasteiger partial charge on any atom is 0.257 e. The van der Waals surface area contributed by atoms with Crippen molar-refractivity contribution < 1.29 is 9.18 Å². The van der Waals surface area contributed by atoms with Gasteiger partial charge in [-0.05, 0) is 18.1 Å². The molecule has 1 amide bonds. The summed E-state index contributed by atoms with van der Waals surface area (Å²) in [7, 11) is 0. The van der Waals surface area contributed by atoms with Gasteiger partial charge in [0, 0.05) is 30.0 Å². The summed E-state index contributed by atoms with van der Waals surface area (Å²) in [6.45, 7) is 5.06. The highest BCUT2D eigenvalue weighted by atomic mass is 32.2. The van der Waals surface area contributed by atoms with Crippen molar-refractivity contribution in [3.8, 4) is 0 Å². The number of aromatic nitrogens is 3. The van der Waals surface area contributed by atoms with Gasteiger partial charge in [-0.2, -0.15) is 0 Å². The third-order valence-corrected chi connectivity index (χ3v) is 7.95. The molecular weight excluding hydrogens is 459 g/mol. The Morgan fingerprint density at radius 2 is 2.09 bits per heavy atom. The minimum Gasteiger partial charge on any atom is -0.338 e. The second-order valence-electron chi connectivity index (χ2n) is 8.47. The molecule has 170 valence electrons. The first kappa shape index (κ1) is 22.0. The van der Waals surface area contributed by atoms with Crippen molar-refractivity contribution in [2.75, 3.05) is 23.7 Å². The number of anilines is 1. The molecule has 7 nitrogen and oxygen atoms in total. The minimum atomic E-state index is -0.568. The molecule has 5 rings (SSSR count). The molecule has 1 fully saturated rings. The van der Waals surface area contributed by atoms with E-state index in [0.29, 0.717) is 35.5 Å². The van der Waals surface area contributed by atoms with Crippen LogP contribution in [0.25, 0.3) is 0 Å². The second-order valence-corrected chi connectivity index (χ2v) is 10.4. The number of amides is 1. The Morgan fingerprint density at radius 3 is 2.82 bits per heavy atom. The number of fused-ring (bicyclic) bond motifs is 1. The number of nitrogens with zero attached hydrogens (tertiary/aromatic N) is 5. The molecule has 10 heteroatoms. The van der Waals surface area contributed by atoms with E-state index in [2.05, 4.69) is 25.2 Å². The van der Waals surface area contributed by atoms with E-state index in [-0.39, 0.29) is 23.6 Å². The van der Waals surface area contributed by atoms with Crippen LogP contribution in [0.5, 0.6) is 0 Å². The molecule has 1 aromatic carbocycles. The second kappa shape index (κ2) is 8.83. The standard InChI is InChI=1S/C23H23FN6OS2/c1-14(2)19-17(24)8-26-21(27-19)30-10-16-11-32-22(28-20(31)15-6-4-3-5-7-15)29-23(16,12-30)18-9-25-13-33-18/h3-9,13-14,16H,10-12H2,1-2H3,(H,28,29,31). The molecule has 0 radical (unpaired) electrons. The molecular formula is C23H23FN6OS2. The summed E-state index contributed by atoms with van der Waals surface area (Å²) in [4.78, 5) is 34.0. The van der Waals surface area contributed by atoms with Gasteiger partial charge in [-0.25, -0.2) is 19.4 Å². The Hall–Kier alpha value is -2.85. The number of thioether (sulfide) groups is 1. The van der Waals surface area contributed by atoms with Gasteiger partial charge in [0.05, 0.1) is 28.8 Å². The summed E-state index contributed by atoms with van der Waals surface area (Å²) in [5.74, 6) is 0.853. The molecule has 4 heterocycles. The van der Waals surface area contributed by atoms with E-state index in [1.54, 1.807) is 40.7 Å². The molecule has 2 aromatic heterocycles. The fourth-order valence-electron chi connectivity index (χ4n) is 4.28. The van der Waals surface area contributed by atoms with E-state index in [1.165, 1.54) is 6.20 Å². The molecule has 33 heavy (non-hydrogen) atoms. The van der Waals surface area contributed by atoms with Crippen LogP contribution >= 0.6 is 23.1 Å². The van der Waals surface area contributed by atoms with E-state index in [9.17, 15) is 9.18 Å². The Balaban J connectivity index is 1.47. The van der Waals surface area contributed by atoms with Gasteiger partial charge >= 0.3 is 0 Å². The van der Waals surface area contributed by atoms with Crippen molar-refractivity contribution in [2.45, 2.75) is 25.3 Å². The normalized spacial score (nSPS) is 22.2. The number of rotatable bonds is 4. The third-order valence-electron chi connectivity index (χ3n) is 5.97. The van der Waals surface area contributed by atoms with Crippen LogP contribution in [-0.4, -0.2) is 44.9 Å². The number of aliphatic imine (C=N–C) groups is 1. The van der Waals surface area contributed by atoms with Gasteiger partial charge in [-0.1, -0.05) is 43.8 Å². The molecule has 0 aliphatic carbocycles. The highest BCUT2D eigenvalue weighted by Gasteiger charge is 2.52. The van der Waals surface area contributed by atoms with Gasteiger partial charge in [0.2, 0.25) is 5.95 Å². The summed E-state index contributed by atoms with van der Waals surface area (Å²) < 4.78 is 14.2. The smallest absolute Gasteiger partial charge is 0.257 e. The summed E-state index contributed by atoms with van der Waals surface area (Å²) in [5, 5.41) is 3.58. The van der Waals surface area contributed by atoms with Crippen molar-refractivity contribution in [3.05, 3.63) is 70.2 Å². The lowest BCUT2D eigenvalue weighted by Gasteiger charge is -2.33. The van der Waals surface area contributed by atoms with Crippen molar-refractivity contribution in [1.29, 1.82) is 0 Å². The van der Waals surface area contributed by atoms with E-state index in [1.807, 2.05) is 38.2 Å². The summed E-state index contributed by atoms with van der Waals surface area (Å²) in [6.07, 6.45) is 3.10. The van der Waals surface area contributed by atoms with E-state index >= 15 is 0 Å². The van der Waals surface area contributed by atoms with E-state index in [4.69, 9.17) is 4.99 Å². The van der Waals surface area contributed by atoms with E-state index < -0.39 is 5.54 Å². The number of hydrogen-bond acceptors (Lipinski definition) is 8. The van der Waals surface area contributed by atoms with Crippen LogP contribution in [0.1, 0.15) is 40.7 Å². The van der Waals surface area contributed by atoms with Gasteiger partial charge < -0.3 is 10.2 Å². The van der Waals surface area contributed by atoms with Gasteiger partial charge in [-0.3, -0.25) is 9.78 Å². The summed E-state index contributed by atoms with van der Waals surface area (Å²) >= 11 is 3.09. The molecule has 0 saturated carbocycles. The van der Waals surface area contributed by atoms with Gasteiger partial charge in [0.25, 0.3) is 5.91 Å². The quantitative estimate of drug-likeness (QED) is 0.604. The van der Waals surface area contributed by atoms with Crippen LogP contribution in [0.2, 0.25) is 0 Å². The molecule has 1 N–H and O–H groups in total. The van der Waals surface area contributed by atoms with Crippen molar-refractivity contribution in [1.82, 2.24) is 20.3 Å². The fraction of sp³-hybridized carbons (Fsp3) is 0.348. The zero-order valence-corrected chi connectivity index (χ0v) is 19.9. The molecule has 2 aliphatic rings. The van der Waals surface area contributed by atoms with Crippen LogP contribution in [0.4, 0.5) is 10.3 Å². The highest BCUT2D eigenvalue weighted by molar-refractivity contribution is 8.13. The first-order valence-corrected chi connectivity index (χ1v) is 12.6. The Kier molecular flexibility index (Phi) is 5.88.